The van der Waals surface area contributed by atoms with Crippen molar-refractivity contribution >= 4 is 11.6 Å². The van der Waals surface area contributed by atoms with Gasteiger partial charge in [-0.05, 0) is 18.7 Å². The molecule has 2 heterocycles. The number of halogens is 1. The van der Waals surface area contributed by atoms with Crippen molar-refractivity contribution in [3.8, 4) is 11.5 Å². The van der Waals surface area contributed by atoms with Crippen LogP contribution in [0.15, 0.2) is 22.9 Å². The van der Waals surface area contributed by atoms with Crippen molar-refractivity contribution in [3.05, 3.63) is 29.2 Å². The predicted octanol–water partition coefficient (Wildman–Crippen LogP) is 2.50. The molecule has 0 spiro atoms. The van der Waals surface area contributed by atoms with Gasteiger partial charge >= 0.3 is 0 Å². The van der Waals surface area contributed by atoms with E-state index in [1.807, 2.05) is 6.92 Å². The van der Waals surface area contributed by atoms with Crippen LogP contribution in [0.1, 0.15) is 25.7 Å². The molecule has 1 unspecified atom stereocenters. The van der Waals surface area contributed by atoms with Gasteiger partial charge in [0.2, 0.25) is 11.7 Å². The minimum atomic E-state index is 0.179. The first-order valence-corrected chi connectivity index (χ1v) is 6.24. The molecular formula is C12H15ClN4O. The van der Waals surface area contributed by atoms with E-state index in [-0.39, 0.29) is 5.92 Å². The van der Waals surface area contributed by atoms with E-state index in [0.29, 0.717) is 22.4 Å². The maximum absolute atomic E-state index is 5.78. The molecule has 0 aromatic carbocycles. The molecule has 0 saturated carbocycles. The molecule has 1 atom stereocenters. The average Bonchev–Trinajstić information content (AvgIpc) is 2.86. The first-order valence-electron chi connectivity index (χ1n) is 5.87. The van der Waals surface area contributed by atoms with E-state index in [0.717, 1.165) is 13.1 Å². The van der Waals surface area contributed by atoms with Crippen molar-refractivity contribution in [2.45, 2.75) is 19.8 Å². The highest BCUT2D eigenvalue weighted by Crippen LogP contribution is 2.18. The first kappa shape index (κ1) is 13.0. The molecule has 2 rings (SSSR count). The number of hydrogen-bond acceptors (Lipinski definition) is 5. The topological polar surface area (TPSA) is 63.8 Å². The largest absolute Gasteiger partial charge is 0.339 e. The van der Waals surface area contributed by atoms with Gasteiger partial charge in [0.15, 0.2) is 0 Å². The molecule has 2 aromatic heterocycles. The van der Waals surface area contributed by atoms with E-state index in [1.54, 1.807) is 18.3 Å². The van der Waals surface area contributed by atoms with Crippen LogP contribution in [0.25, 0.3) is 11.5 Å². The second-order valence-corrected chi connectivity index (χ2v) is 4.46. The van der Waals surface area contributed by atoms with Gasteiger partial charge in [0.05, 0.1) is 5.02 Å². The lowest BCUT2D eigenvalue weighted by Crippen LogP contribution is -2.19. The minimum absolute atomic E-state index is 0.179. The van der Waals surface area contributed by atoms with Gasteiger partial charge in [-0.25, -0.2) is 0 Å². The number of aromatic nitrogens is 3. The summed E-state index contributed by atoms with van der Waals surface area (Å²) in [5, 5.41) is 7.75. The Kier molecular flexibility index (Phi) is 4.28. The van der Waals surface area contributed by atoms with Crippen LogP contribution in [-0.2, 0) is 0 Å². The normalized spacial score (nSPS) is 12.6. The first-order chi connectivity index (χ1) is 8.70. The van der Waals surface area contributed by atoms with Crippen molar-refractivity contribution in [1.29, 1.82) is 0 Å². The smallest absolute Gasteiger partial charge is 0.231 e. The van der Waals surface area contributed by atoms with Crippen LogP contribution in [0.3, 0.4) is 0 Å². The molecule has 0 aliphatic heterocycles. The van der Waals surface area contributed by atoms with Crippen LogP contribution in [-0.4, -0.2) is 28.2 Å². The second-order valence-electron chi connectivity index (χ2n) is 4.03. The summed E-state index contributed by atoms with van der Waals surface area (Å²) in [6.07, 6.45) is 1.56. The number of likely N-dealkylation sites (N-methyl/N-ethyl adjacent to an activating group) is 1. The zero-order chi connectivity index (χ0) is 13.0. The fraction of sp³-hybridized carbons (Fsp3) is 0.417. The van der Waals surface area contributed by atoms with E-state index in [4.69, 9.17) is 16.1 Å². The predicted molar refractivity (Wildman–Crippen MR) is 69.5 cm³/mol. The van der Waals surface area contributed by atoms with Gasteiger partial charge < -0.3 is 9.84 Å². The van der Waals surface area contributed by atoms with E-state index < -0.39 is 0 Å². The van der Waals surface area contributed by atoms with Crippen LogP contribution in [0, 0.1) is 0 Å². The van der Waals surface area contributed by atoms with Crippen LogP contribution in [0.5, 0.6) is 0 Å². The third-order valence-electron chi connectivity index (χ3n) is 2.52. The van der Waals surface area contributed by atoms with Crippen molar-refractivity contribution in [3.63, 3.8) is 0 Å². The Balaban J connectivity index is 2.12. The molecule has 96 valence electrons. The Morgan fingerprint density at radius 3 is 2.94 bits per heavy atom. The molecule has 0 bridgehead atoms. The highest BCUT2D eigenvalue weighted by atomic mass is 35.5. The molecule has 6 heteroatoms. The Hall–Kier alpha value is -1.46. The number of pyridine rings is 1. The Morgan fingerprint density at radius 1 is 1.44 bits per heavy atom. The summed E-state index contributed by atoms with van der Waals surface area (Å²) in [6, 6.07) is 3.52. The third kappa shape index (κ3) is 3.05. The lowest BCUT2D eigenvalue weighted by molar-refractivity contribution is 0.355. The van der Waals surface area contributed by atoms with Gasteiger partial charge in [0.25, 0.3) is 0 Å². The molecule has 0 fully saturated rings. The lowest BCUT2D eigenvalue weighted by Gasteiger charge is -2.05. The van der Waals surface area contributed by atoms with Crippen LogP contribution < -0.4 is 5.32 Å². The third-order valence-corrected chi connectivity index (χ3v) is 2.74. The molecule has 0 radical (unpaired) electrons. The second kappa shape index (κ2) is 5.93. The summed E-state index contributed by atoms with van der Waals surface area (Å²) in [4.78, 5) is 8.49. The zero-order valence-electron chi connectivity index (χ0n) is 10.4. The van der Waals surface area contributed by atoms with Gasteiger partial charge in [-0.3, -0.25) is 4.98 Å². The van der Waals surface area contributed by atoms with Gasteiger partial charge in [-0.1, -0.05) is 30.6 Å². The summed E-state index contributed by atoms with van der Waals surface area (Å²) >= 11 is 5.78. The fourth-order valence-corrected chi connectivity index (χ4v) is 1.61. The SMILES string of the molecule is CCNCC(C)c1nc(-c2ccc(Cl)cn2)no1. The number of nitrogens with one attached hydrogen (secondary N) is 1. The molecule has 0 saturated heterocycles. The van der Waals surface area contributed by atoms with E-state index >= 15 is 0 Å². The molecule has 2 aromatic rings. The quantitative estimate of drug-likeness (QED) is 0.901. The van der Waals surface area contributed by atoms with Gasteiger partial charge in [-0.2, -0.15) is 4.98 Å². The summed E-state index contributed by atoms with van der Waals surface area (Å²) in [7, 11) is 0. The molecule has 0 aliphatic rings. The fourth-order valence-electron chi connectivity index (χ4n) is 1.50. The highest BCUT2D eigenvalue weighted by molar-refractivity contribution is 6.30. The summed E-state index contributed by atoms with van der Waals surface area (Å²) in [6.45, 7) is 5.83. The Morgan fingerprint density at radius 2 is 2.28 bits per heavy atom. The van der Waals surface area contributed by atoms with Gasteiger partial charge in [0.1, 0.15) is 5.69 Å². The van der Waals surface area contributed by atoms with Crippen LogP contribution in [0.2, 0.25) is 5.02 Å². The molecule has 0 amide bonds. The summed E-state index contributed by atoms with van der Waals surface area (Å²) < 4.78 is 5.23. The maximum atomic E-state index is 5.78. The Labute approximate surface area is 111 Å². The molecule has 1 N–H and O–H groups in total. The summed E-state index contributed by atoms with van der Waals surface area (Å²) in [5.74, 6) is 1.28. The highest BCUT2D eigenvalue weighted by Gasteiger charge is 2.15. The van der Waals surface area contributed by atoms with E-state index in [1.165, 1.54) is 0 Å². The van der Waals surface area contributed by atoms with Crippen molar-refractivity contribution in [2.75, 3.05) is 13.1 Å². The van der Waals surface area contributed by atoms with Crippen LogP contribution in [0.4, 0.5) is 0 Å². The monoisotopic (exact) mass is 266 g/mol. The molecule has 0 aliphatic carbocycles. The van der Waals surface area contributed by atoms with Crippen molar-refractivity contribution in [2.24, 2.45) is 0 Å². The standard InChI is InChI=1S/C12H15ClN4O/c1-3-14-6-8(2)12-16-11(17-18-12)10-5-4-9(13)7-15-10/h4-5,7-8,14H,3,6H2,1-2H3. The van der Waals surface area contributed by atoms with E-state index in [2.05, 4.69) is 27.4 Å². The molecule has 18 heavy (non-hydrogen) atoms. The van der Waals surface area contributed by atoms with Crippen molar-refractivity contribution in [1.82, 2.24) is 20.4 Å². The van der Waals surface area contributed by atoms with Crippen LogP contribution >= 0.6 is 11.6 Å². The van der Waals surface area contributed by atoms with Gasteiger partial charge in [-0.15, -0.1) is 0 Å². The number of nitrogens with zero attached hydrogens (tertiary/aromatic N) is 3. The number of rotatable bonds is 5. The Bertz CT molecular complexity index is 497. The zero-order valence-corrected chi connectivity index (χ0v) is 11.1. The lowest BCUT2D eigenvalue weighted by atomic mass is 10.2. The summed E-state index contributed by atoms with van der Waals surface area (Å²) in [5.41, 5.74) is 0.657. The van der Waals surface area contributed by atoms with Gasteiger partial charge in [0, 0.05) is 18.7 Å². The molecule has 5 nitrogen and oxygen atoms in total. The van der Waals surface area contributed by atoms with E-state index in [9.17, 15) is 0 Å². The minimum Gasteiger partial charge on any atom is -0.339 e. The average molecular weight is 267 g/mol. The number of hydrogen-bond donors (Lipinski definition) is 1. The van der Waals surface area contributed by atoms with Crippen molar-refractivity contribution < 1.29 is 4.52 Å². The molecular weight excluding hydrogens is 252 g/mol. The maximum Gasteiger partial charge on any atom is 0.231 e.